The SMILES string of the molecule is O=c1cccccc1[O-].O=c1cccccc1[O-].O=c1cccccc1[O-].[Ce+3]. The molecule has 0 aliphatic heterocycles. The molecule has 0 atom stereocenters. The van der Waals surface area contributed by atoms with Crippen molar-refractivity contribution < 1.29 is 57.1 Å². The van der Waals surface area contributed by atoms with E-state index in [-0.39, 0.29) is 41.7 Å². The summed E-state index contributed by atoms with van der Waals surface area (Å²) >= 11 is 0. The second kappa shape index (κ2) is 14.5. The maximum absolute atomic E-state index is 10.5. The van der Waals surface area contributed by atoms with E-state index >= 15 is 0 Å². The van der Waals surface area contributed by atoms with E-state index in [0.29, 0.717) is 0 Å². The molecule has 0 saturated carbocycles. The van der Waals surface area contributed by atoms with Gasteiger partial charge in [0.1, 0.15) is 0 Å². The van der Waals surface area contributed by atoms with Crippen LogP contribution < -0.4 is 31.6 Å². The molecule has 28 heavy (non-hydrogen) atoms. The van der Waals surface area contributed by atoms with Gasteiger partial charge >= 0.3 is 41.7 Å². The Morgan fingerprint density at radius 3 is 0.857 bits per heavy atom. The molecular formula is C21H15CeO6. The molecular weight excluding hydrogens is 488 g/mol. The van der Waals surface area contributed by atoms with Crippen LogP contribution in [-0.4, -0.2) is 0 Å². The van der Waals surface area contributed by atoms with Crippen LogP contribution in [0.25, 0.3) is 0 Å². The average Bonchev–Trinajstić information content (AvgIpc) is 3.04. The van der Waals surface area contributed by atoms with E-state index in [0.717, 1.165) is 0 Å². The van der Waals surface area contributed by atoms with Gasteiger partial charge < -0.3 is 15.3 Å². The van der Waals surface area contributed by atoms with Crippen molar-refractivity contribution in [3.05, 3.63) is 122 Å². The zero-order valence-corrected chi connectivity index (χ0v) is 17.7. The van der Waals surface area contributed by atoms with Crippen molar-refractivity contribution in [3.63, 3.8) is 0 Å². The Kier molecular flexibility index (Phi) is 13.2. The van der Waals surface area contributed by atoms with Crippen molar-refractivity contribution >= 4 is 0 Å². The van der Waals surface area contributed by atoms with E-state index < -0.39 is 33.5 Å². The van der Waals surface area contributed by atoms with Gasteiger partial charge in [-0.3, -0.25) is 14.4 Å². The van der Waals surface area contributed by atoms with Gasteiger partial charge in [0.15, 0.2) is 16.3 Å². The first-order valence-electron chi connectivity index (χ1n) is 7.71. The molecule has 0 saturated heterocycles. The number of hydrogen-bond acceptors (Lipinski definition) is 6. The fourth-order valence-electron chi connectivity index (χ4n) is 1.54. The Labute approximate surface area is 194 Å². The molecule has 3 rings (SSSR count). The smallest absolute Gasteiger partial charge is 0.870 e. The van der Waals surface area contributed by atoms with Gasteiger partial charge in [0.05, 0.1) is 0 Å². The van der Waals surface area contributed by atoms with Gasteiger partial charge in [-0.05, 0) is 18.2 Å². The van der Waals surface area contributed by atoms with E-state index in [9.17, 15) is 29.7 Å². The Bertz CT molecular complexity index is 906. The molecule has 0 fully saturated rings. The predicted molar refractivity (Wildman–Crippen MR) is 96.5 cm³/mol. The van der Waals surface area contributed by atoms with Crippen molar-refractivity contribution in [1.29, 1.82) is 0 Å². The van der Waals surface area contributed by atoms with E-state index in [1.807, 2.05) is 0 Å². The van der Waals surface area contributed by atoms with Gasteiger partial charge in [0.2, 0.25) is 0 Å². The molecule has 1 radical (unpaired) electrons. The minimum atomic E-state index is -0.458. The van der Waals surface area contributed by atoms with Crippen molar-refractivity contribution in [3.8, 4) is 17.2 Å². The van der Waals surface area contributed by atoms with Crippen LogP contribution >= 0.6 is 0 Å². The molecule has 3 aromatic carbocycles. The third kappa shape index (κ3) is 10.6. The zero-order valence-electron chi connectivity index (χ0n) is 14.6. The summed E-state index contributed by atoms with van der Waals surface area (Å²) in [6.07, 6.45) is 0. The predicted octanol–water partition coefficient (Wildman–Crippen LogP) is 0.361. The van der Waals surface area contributed by atoms with Crippen LogP contribution in [0, 0.1) is 41.7 Å². The fraction of sp³-hybridized carbons (Fsp3) is 0. The van der Waals surface area contributed by atoms with Crippen LogP contribution in [-0.2, 0) is 0 Å². The molecule has 0 bridgehead atoms. The molecule has 0 N–H and O–H groups in total. The summed E-state index contributed by atoms with van der Waals surface area (Å²) in [7, 11) is 0. The first-order valence-corrected chi connectivity index (χ1v) is 7.71. The summed E-state index contributed by atoms with van der Waals surface area (Å²) in [4.78, 5) is 31.5. The quantitative estimate of drug-likeness (QED) is 0.437. The maximum atomic E-state index is 10.5. The van der Waals surface area contributed by atoms with Crippen LogP contribution in [0.1, 0.15) is 0 Å². The molecule has 0 aliphatic rings. The van der Waals surface area contributed by atoms with Gasteiger partial charge in [-0.2, -0.15) is 0 Å². The minimum Gasteiger partial charge on any atom is -0.870 e. The van der Waals surface area contributed by atoms with Crippen LogP contribution in [0.5, 0.6) is 17.2 Å². The van der Waals surface area contributed by atoms with Gasteiger partial charge in [0.25, 0.3) is 0 Å². The molecule has 0 heterocycles. The standard InChI is InChI=1S/3C7H6O2.Ce/c3*8-6-4-2-1-3-5-7(6)9;/h3*1-5H,(H,8,9);/q;;;+3/p-3. The van der Waals surface area contributed by atoms with Crippen molar-refractivity contribution in [2.45, 2.75) is 0 Å². The number of rotatable bonds is 0. The van der Waals surface area contributed by atoms with Crippen molar-refractivity contribution in [1.82, 2.24) is 0 Å². The molecule has 0 spiro atoms. The van der Waals surface area contributed by atoms with Crippen molar-refractivity contribution in [2.24, 2.45) is 0 Å². The number of hydrogen-bond donors (Lipinski definition) is 0. The van der Waals surface area contributed by atoms with Gasteiger partial charge in [-0.1, -0.05) is 90.0 Å². The zero-order chi connectivity index (χ0) is 20.1. The Balaban J connectivity index is 0.000000384. The van der Waals surface area contributed by atoms with Crippen LogP contribution in [0.15, 0.2) is 105 Å². The van der Waals surface area contributed by atoms with Crippen LogP contribution in [0.4, 0.5) is 0 Å². The largest absolute Gasteiger partial charge is 3.00 e. The summed E-state index contributed by atoms with van der Waals surface area (Å²) in [5.74, 6) is -1.37. The molecule has 139 valence electrons. The Morgan fingerprint density at radius 2 is 0.607 bits per heavy atom. The first kappa shape index (κ1) is 25.4. The van der Waals surface area contributed by atoms with Crippen LogP contribution in [0.3, 0.4) is 0 Å². The third-order valence-electron chi connectivity index (χ3n) is 2.88. The molecule has 3 aromatic rings. The average molecular weight is 503 g/mol. The van der Waals surface area contributed by atoms with Crippen LogP contribution in [0.2, 0.25) is 0 Å². The molecule has 0 unspecified atom stereocenters. The molecule has 0 aliphatic carbocycles. The first-order chi connectivity index (χ1) is 12.9. The van der Waals surface area contributed by atoms with E-state index in [1.165, 1.54) is 36.4 Å². The summed E-state index contributed by atoms with van der Waals surface area (Å²) in [5, 5.41) is 31.5. The normalized spacial score (nSPS) is 8.57. The third-order valence-corrected chi connectivity index (χ3v) is 2.88. The van der Waals surface area contributed by atoms with E-state index in [1.54, 1.807) is 54.6 Å². The Hall–Kier alpha value is -2.55. The van der Waals surface area contributed by atoms with E-state index in [4.69, 9.17) is 0 Å². The van der Waals surface area contributed by atoms with Crippen molar-refractivity contribution in [2.75, 3.05) is 0 Å². The second-order valence-corrected chi connectivity index (χ2v) is 4.92. The van der Waals surface area contributed by atoms with Gasteiger partial charge in [0, 0.05) is 0 Å². The summed E-state index contributed by atoms with van der Waals surface area (Å²) in [5.41, 5.74) is -1.37. The molecule has 0 aromatic heterocycles. The van der Waals surface area contributed by atoms with E-state index in [2.05, 4.69) is 0 Å². The molecule has 0 amide bonds. The summed E-state index contributed by atoms with van der Waals surface area (Å²) < 4.78 is 0. The fourth-order valence-corrected chi connectivity index (χ4v) is 1.54. The minimum absolute atomic E-state index is 0. The van der Waals surface area contributed by atoms with Gasteiger partial charge in [-0.25, -0.2) is 0 Å². The monoisotopic (exact) mass is 503 g/mol. The second-order valence-electron chi connectivity index (χ2n) is 4.92. The summed E-state index contributed by atoms with van der Waals surface area (Å²) in [6, 6.07) is 21.7. The summed E-state index contributed by atoms with van der Waals surface area (Å²) in [6.45, 7) is 0. The maximum Gasteiger partial charge on any atom is 3.00 e. The van der Waals surface area contributed by atoms with Gasteiger partial charge in [-0.15, -0.1) is 0 Å². The Morgan fingerprint density at radius 1 is 0.393 bits per heavy atom. The molecule has 7 heteroatoms. The topological polar surface area (TPSA) is 120 Å². The molecule has 6 nitrogen and oxygen atoms in total.